The minimum Gasteiger partial charge on any atom is -0.392 e. The molecular weight excluding hydrogens is 258 g/mol. The highest BCUT2D eigenvalue weighted by Crippen LogP contribution is 2.32. The molecule has 2 nitrogen and oxygen atoms in total. The summed E-state index contributed by atoms with van der Waals surface area (Å²) in [6, 6.07) is 18.8. The fourth-order valence-corrected chi connectivity index (χ4v) is 2.46. The van der Waals surface area contributed by atoms with Gasteiger partial charge >= 0.3 is 0 Å². The Bertz CT molecular complexity index is 540. The summed E-state index contributed by atoms with van der Waals surface area (Å²) in [5.74, 6) is 0. The number of aliphatic hydroxyl groups is 1. The normalized spacial score (nSPS) is 13.0. The Hall–Kier alpha value is -1.80. The van der Waals surface area contributed by atoms with Crippen molar-refractivity contribution in [3.8, 4) is 0 Å². The number of hydrogen-bond donors (Lipinski definition) is 2. The Morgan fingerprint density at radius 2 is 1.57 bits per heavy atom. The Morgan fingerprint density at radius 3 is 2.10 bits per heavy atom. The summed E-state index contributed by atoms with van der Waals surface area (Å²) in [5.41, 5.74) is 3.58. The molecule has 0 amide bonds. The van der Waals surface area contributed by atoms with Crippen molar-refractivity contribution in [1.82, 2.24) is 0 Å². The van der Waals surface area contributed by atoms with E-state index < -0.39 is 0 Å². The fraction of sp³-hybridized carbons (Fsp3) is 0.368. The Kier molecular flexibility index (Phi) is 5.03. The summed E-state index contributed by atoms with van der Waals surface area (Å²) in [6.07, 6.45) is 1.05. The van der Waals surface area contributed by atoms with E-state index in [1.807, 2.05) is 30.3 Å². The van der Waals surface area contributed by atoms with E-state index in [2.05, 4.69) is 50.4 Å². The highest BCUT2D eigenvalue weighted by molar-refractivity contribution is 5.47. The molecule has 2 heteroatoms. The Morgan fingerprint density at radius 1 is 0.952 bits per heavy atom. The summed E-state index contributed by atoms with van der Waals surface area (Å²) in [6.45, 7) is 6.88. The number of aliphatic hydroxyl groups excluding tert-OH is 1. The summed E-state index contributed by atoms with van der Waals surface area (Å²) in [5, 5.41) is 12.7. The quantitative estimate of drug-likeness (QED) is 0.828. The van der Waals surface area contributed by atoms with Crippen LogP contribution in [0.3, 0.4) is 0 Å². The lowest BCUT2D eigenvalue weighted by molar-refractivity contribution is 0.282. The van der Waals surface area contributed by atoms with E-state index in [0.717, 1.165) is 17.7 Å². The van der Waals surface area contributed by atoms with Gasteiger partial charge in [0.05, 0.1) is 12.6 Å². The monoisotopic (exact) mass is 283 g/mol. The van der Waals surface area contributed by atoms with Crippen molar-refractivity contribution >= 4 is 5.69 Å². The molecule has 0 aromatic heterocycles. The zero-order chi connectivity index (χ0) is 15.3. The predicted octanol–water partition coefficient (Wildman–Crippen LogP) is 4.77. The third-order valence-electron chi connectivity index (χ3n) is 3.50. The van der Waals surface area contributed by atoms with Crippen LogP contribution in [0.2, 0.25) is 0 Å². The maximum absolute atomic E-state index is 9.12. The van der Waals surface area contributed by atoms with Crippen LogP contribution in [0.5, 0.6) is 0 Å². The van der Waals surface area contributed by atoms with Crippen molar-refractivity contribution in [2.24, 2.45) is 5.41 Å². The number of rotatable bonds is 5. The van der Waals surface area contributed by atoms with Gasteiger partial charge < -0.3 is 10.4 Å². The van der Waals surface area contributed by atoms with E-state index in [1.54, 1.807) is 0 Å². The van der Waals surface area contributed by atoms with Gasteiger partial charge in [-0.1, -0.05) is 63.2 Å². The first-order valence-corrected chi connectivity index (χ1v) is 7.49. The molecule has 0 saturated carbocycles. The molecule has 0 aliphatic carbocycles. The van der Waals surface area contributed by atoms with Crippen molar-refractivity contribution in [3.63, 3.8) is 0 Å². The molecule has 2 aromatic rings. The fourth-order valence-electron chi connectivity index (χ4n) is 2.46. The van der Waals surface area contributed by atoms with Crippen molar-refractivity contribution in [2.75, 3.05) is 5.32 Å². The van der Waals surface area contributed by atoms with Crippen LogP contribution in [-0.4, -0.2) is 5.11 Å². The van der Waals surface area contributed by atoms with Crippen LogP contribution in [0, 0.1) is 5.41 Å². The van der Waals surface area contributed by atoms with Gasteiger partial charge in [-0.25, -0.2) is 0 Å². The van der Waals surface area contributed by atoms with Crippen LogP contribution in [0.1, 0.15) is 44.4 Å². The smallest absolute Gasteiger partial charge is 0.0681 e. The number of benzene rings is 2. The Balaban J connectivity index is 2.19. The SMILES string of the molecule is CC(C)(C)CC(Nc1ccc(CO)cc1)c1ccccc1. The molecule has 0 heterocycles. The van der Waals surface area contributed by atoms with Gasteiger partial charge in [-0.2, -0.15) is 0 Å². The maximum atomic E-state index is 9.12. The summed E-state index contributed by atoms with van der Waals surface area (Å²) >= 11 is 0. The van der Waals surface area contributed by atoms with Crippen LogP contribution in [0.25, 0.3) is 0 Å². The second-order valence-corrected chi connectivity index (χ2v) is 6.73. The van der Waals surface area contributed by atoms with E-state index in [0.29, 0.717) is 0 Å². The van der Waals surface area contributed by atoms with Crippen LogP contribution < -0.4 is 5.32 Å². The van der Waals surface area contributed by atoms with E-state index in [-0.39, 0.29) is 18.1 Å². The maximum Gasteiger partial charge on any atom is 0.0681 e. The summed E-state index contributed by atoms with van der Waals surface area (Å²) in [4.78, 5) is 0. The molecule has 2 rings (SSSR count). The van der Waals surface area contributed by atoms with Gasteiger partial charge in [0, 0.05) is 5.69 Å². The van der Waals surface area contributed by atoms with Crippen LogP contribution in [0.15, 0.2) is 54.6 Å². The highest BCUT2D eigenvalue weighted by atomic mass is 16.3. The lowest BCUT2D eigenvalue weighted by Gasteiger charge is -2.28. The largest absolute Gasteiger partial charge is 0.392 e. The standard InChI is InChI=1S/C19H25NO/c1-19(2,3)13-18(16-7-5-4-6-8-16)20-17-11-9-15(14-21)10-12-17/h4-12,18,20-21H,13-14H2,1-3H3. The zero-order valence-corrected chi connectivity index (χ0v) is 13.1. The van der Waals surface area contributed by atoms with Crippen LogP contribution in [0.4, 0.5) is 5.69 Å². The predicted molar refractivity (Wildman–Crippen MR) is 89.2 cm³/mol. The molecule has 0 aliphatic heterocycles. The molecule has 0 radical (unpaired) electrons. The molecule has 0 aliphatic rings. The molecule has 2 N–H and O–H groups in total. The molecule has 112 valence electrons. The minimum atomic E-state index is 0.0877. The van der Waals surface area contributed by atoms with Crippen LogP contribution in [-0.2, 0) is 6.61 Å². The highest BCUT2D eigenvalue weighted by Gasteiger charge is 2.20. The van der Waals surface area contributed by atoms with Gasteiger partial charge in [0.15, 0.2) is 0 Å². The van der Waals surface area contributed by atoms with Crippen molar-refractivity contribution in [3.05, 3.63) is 65.7 Å². The molecular formula is C19H25NO. The van der Waals surface area contributed by atoms with Gasteiger partial charge in [-0.15, -0.1) is 0 Å². The minimum absolute atomic E-state index is 0.0877. The average Bonchev–Trinajstić information content (AvgIpc) is 2.47. The van der Waals surface area contributed by atoms with Crippen LogP contribution >= 0.6 is 0 Å². The second-order valence-electron chi connectivity index (χ2n) is 6.73. The first-order chi connectivity index (χ1) is 9.98. The molecule has 2 aromatic carbocycles. The number of hydrogen-bond acceptors (Lipinski definition) is 2. The van der Waals surface area contributed by atoms with E-state index >= 15 is 0 Å². The molecule has 0 saturated heterocycles. The van der Waals surface area contributed by atoms with Crippen molar-refractivity contribution in [2.45, 2.75) is 39.8 Å². The van der Waals surface area contributed by atoms with Gasteiger partial charge in [0.25, 0.3) is 0 Å². The molecule has 1 atom stereocenters. The average molecular weight is 283 g/mol. The first-order valence-electron chi connectivity index (χ1n) is 7.49. The molecule has 1 unspecified atom stereocenters. The topological polar surface area (TPSA) is 32.3 Å². The van der Waals surface area contributed by atoms with E-state index in [9.17, 15) is 0 Å². The molecule has 0 fully saturated rings. The van der Waals surface area contributed by atoms with E-state index in [4.69, 9.17) is 5.11 Å². The first kappa shape index (κ1) is 15.6. The van der Waals surface area contributed by atoms with Gasteiger partial charge in [-0.3, -0.25) is 0 Å². The molecule has 0 bridgehead atoms. The number of nitrogens with one attached hydrogen (secondary N) is 1. The van der Waals surface area contributed by atoms with Gasteiger partial charge in [0.1, 0.15) is 0 Å². The zero-order valence-electron chi connectivity index (χ0n) is 13.1. The Labute approximate surface area is 127 Å². The summed E-state index contributed by atoms with van der Waals surface area (Å²) < 4.78 is 0. The van der Waals surface area contributed by atoms with Crippen molar-refractivity contribution < 1.29 is 5.11 Å². The van der Waals surface area contributed by atoms with E-state index in [1.165, 1.54) is 5.56 Å². The second kappa shape index (κ2) is 6.77. The number of anilines is 1. The lowest BCUT2D eigenvalue weighted by Crippen LogP contribution is -2.18. The van der Waals surface area contributed by atoms with Gasteiger partial charge in [-0.05, 0) is 35.1 Å². The van der Waals surface area contributed by atoms with Gasteiger partial charge in [0.2, 0.25) is 0 Å². The molecule has 21 heavy (non-hydrogen) atoms. The summed E-state index contributed by atoms with van der Waals surface area (Å²) in [7, 11) is 0. The van der Waals surface area contributed by atoms with Crippen molar-refractivity contribution in [1.29, 1.82) is 0 Å². The lowest BCUT2D eigenvalue weighted by atomic mass is 9.85. The third-order valence-corrected chi connectivity index (χ3v) is 3.50. The molecule has 0 spiro atoms. The third kappa shape index (κ3) is 4.91.